The van der Waals surface area contributed by atoms with Gasteiger partial charge < -0.3 is 5.32 Å². The van der Waals surface area contributed by atoms with E-state index in [0.29, 0.717) is 12.2 Å². The topological polar surface area (TPSA) is 88.2 Å². The maximum atomic E-state index is 12.5. The minimum atomic E-state index is -3.86. The van der Waals surface area contributed by atoms with Crippen molar-refractivity contribution in [2.75, 3.05) is 11.3 Å². The predicted molar refractivity (Wildman–Crippen MR) is 84.1 cm³/mol. The van der Waals surface area contributed by atoms with Crippen LogP contribution in [0, 0.1) is 0 Å². The average Bonchev–Trinajstić information content (AvgIpc) is 2.53. The van der Waals surface area contributed by atoms with Gasteiger partial charge in [-0.3, -0.25) is 14.5 Å². The Morgan fingerprint density at radius 2 is 1.95 bits per heavy atom. The number of rotatable bonds is 6. The van der Waals surface area contributed by atoms with Crippen molar-refractivity contribution < 1.29 is 13.2 Å². The molecular weight excluding hydrogens is 302 g/mol. The van der Waals surface area contributed by atoms with Crippen molar-refractivity contribution in [3.8, 4) is 0 Å². The lowest BCUT2D eigenvalue weighted by atomic mass is 10.2. The van der Waals surface area contributed by atoms with Crippen molar-refractivity contribution in [3.05, 3.63) is 54.4 Å². The first-order valence-corrected chi connectivity index (χ1v) is 8.33. The summed E-state index contributed by atoms with van der Waals surface area (Å²) >= 11 is 0. The van der Waals surface area contributed by atoms with E-state index in [1.807, 2.05) is 6.92 Å². The Hall–Kier alpha value is -2.41. The minimum Gasteiger partial charge on any atom is -0.352 e. The van der Waals surface area contributed by atoms with Gasteiger partial charge in [-0.25, -0.2) is 8.42 Å². The molecule has 7 heteroatoms. The molecule has 1 heterocycles. The lowest BCUT2D eigenvalue weighted by Crippen LogP contribution is -2.27. The molecule has 0 aliphatic carbocycles. The lowest BCUT2D eigenvalue weighted by Gasteiger charge is -2.12. The van der Waals surface area contributed by atoms with Crippen LogP contribution >= 0.6 is 0 Å². The Morgan fingerprint density at radius 3 is 2.64 bits per heavy atom. The Morgan fingerprint density at radius 1 is 1.18 bits per heavy atom. The van der Waals surface area contributed by atoms with Crippen LogP contribution in [0.25, 0.3) is 0 Å². The Kier molecular flexibility index (Phi) is 5.11. The van der Waals surface area contributed by atoms with Gasteiger partial charge in [-0.1, -0.05) is 19.1 Å². The zero-order chi connectivity index (χ0) is 16.0. The second-order valence-corrected chi connectivity index (χ2v) is 6.25. The van der Waals surface area contributed by atoms with Crippen molar-refractivity contribution in [2.24, 2.45) is 0 Å². The molecule has 1 amide bonds. The second kappa shape index (κ2) is 7.04. The third-order valence-electron chi connectivity index (χ3n) is 2.87. The number of pyridine rings is 1. The molecule has 116 valence electrons. The number of nitrogens with zero attached hydrogens (tertiary/aromatic N) is 1. The Bertz CT molecular complexity index is 746. The van der Waals surface area contributed by atoms with E-state index in [9.17, 15) is 13.2 Å². The minimum absolute atomic E-state index is 0.0625. The third kappa shape index (κ3) is 3.82. The number of hydrogen-bond acceptors (Lipinski definition) is 4. The zero-order valence-electron chi connectivity index (χ0n) is 12.1. The summed E-state index contributed by atoms with van der Waals surface area (Å²) in [5, 5.41) is 2.68. The third-order valence-corrected chi connectivity index (χ3v) is 4.31. The highest BCUT2D eigenvalue weighted by atomic mass is 32.2. The number of sulfonamides is 1. The Labute approximate surface area is 129 Å². The molecule has 2 rings (SSSR count). The molecule has 6 nitrogen and oxygen atoms in total. The number of aromatic nitrogens is 1. The first-order valence-electron chi connectivity index (χ1n) is 6.84. The van der Waals surface area contributed by atoms with Crippen molar-refractivity contribution in [2.45, 2.75) is 18.2 Å². The largest absolute Gasteiger partial charge is 0.352 e. The van der Waals surface area contributed by atoms with Crippen LogP contribution < -0.4 is 10.0 Å². The van der Waals surface area contributed by atoms with Crippen LogP contribution in [-0.4, -0.2) is 25.9 Å². The number of carbonyl (C=O) groups is 1. The molecule has 0 radical (unpaired) electrons. The smallest absolute Gasteiger partial charge is 0.262 e. The highest BCUT2D eigenvalue weighted by Crippen LogP contribution is 2.19. The van der Waals surface area contributed by atoms with Gasteiger partial charge >= 0.3 is 0 Å². The molecule has 0 atom stereocenters. The summed E-state index contributed by atoms with van der Waals surface area (Å²) in [5.74, 6) is -0.408. The van der Waals surface area contributed by atoms with E-state index in [2.05, 4.69) is 15.0 Å². The van der Waals surface area contributed by atoms with Crippen LogP contribution in [0.1, 0.15) is 23.7 Å². The summed E-state index contributed by atoms with van der Waals surface area (Å²) in [4.78, 5) is 15.9. The summed E-state index contributed by atoms with van der Waals surface area (Å²) in [6.45, 7) is 2.41. The van der Waals surface area contributed by atoms with Gasteiger partial charge in [-0.05, 0) is 30.7 Å². The van der Waals surface area contributed by atoms with Gasteiger partial charge in [0.2, 0.25) is 0 Å². The summed E-state index contributed by atoms with van der Waals surface area (Å²) in [7, 11) is -3.86. The maximum Gasteiger partial charge on any atom is 0.262 e. The zero-order valence-corrected chi connectivity index (χ0v) is 12.9. The molecule has 2 N–H and O–H groups in total. The van der Waals surface area contributed by atoms with Crippen molar-refractivity contribution in [3.63, 3.8) is 0 Å². The van der Waals surface area contributed by atoms with Crippen LogP contribution in [0.15, 0.2) is 53.7 Å². The quantitative estimate of drug-likeness (QED) is 0.852. The summed E-state index contributed by atoms with van der Waals surface area (Å²) in [5.41, 5.74) is 0.457. The van der Waals surface area contributed by atoms with Gasteiger partial charge in [-0.2, -0.15) is 0 Å². The van der Waals surface area contributed by atoms with Gasteiger partial charge in [0.1, 0.15) is 4.90 Å². The number of carbonyl (C=O) groups excluding carboxylic acids is 1. The molecule has 0 aliphatic rings. The molecular formula is C15H17N3O3S. The first-order chi connectivity index (χ1) is 10.5. The van der Waals surface area contributed by atoms with E-state index in [-0.39, 0.29) is 10.5 Å². The molecule has 0 saturated heterocycles. The molecule has 0 fully saturated rings. The monoisotopic (exact) mass is 319 g/mol. The molecule has 0 aliphatic heterocycles. The van der Waals surface area contributed by atoms with Crippen LogP contribution in [0.2, 0.25) is 0 Å². The fraction of sp³-hybridized carbons (Fsp3) is 0.200. The average molecular weight is 319 g/mol. The van der Waals surface area contributed by atoms with Crippen molar-refractivity contribution in [1.82, 2.24) is 10.3 Å². The fourth-order valence-corrected chi connectivity index (χ4v) is 3.10. The predicted octanol–water partition coefficient (Wildman–Crippen LogP) is 2.02. The van der Waals surface area contributed by atoms with E-state index in [4.69, 9.17) is 0 Å². The van der Waals surface area contributed by atoms with Gasteiger partial charge in [0, 0.05) is 12.7 Å². The molecule has 0 bridgehead atoms. The molecule has 0 saturated carbocycles. The molecule has 2 aromatic rings. The second-order valence-electron chi connectivity index (χ2n) is 4.60. The standard InChI is InChI=1S/C15H17N3O3S/c1-2-9-17-15(19)13-7-3-4-8-14(13)22(20,21)18-12-6-5-10-16-11-12/h3-8,10-11,18H,2,9H2,1H3,(H,17,19). The van der Waals surface area contributed by atoms with E-state index in [1.165, 1.54) is 18.3 Å². The summed E-state index contributed by atoms with van der Waals surface area (Å²) in [6, 6.07) is 9.31. The van der Waals surface area contributed by atoms with Gasteiger partial charge in [0.25, 0.3) is 15.9 Å². The molecule has 0 unspecified atom stereocenters. The molecule has 1 aromatic heterocycles. The van der Waals surface area contributed by atoms with Crippen LogP contribution in [0.5, 0.6) is 0 Å². The molecule has 22 heavy (non-hydrogen) atoms. The highest BCUT2D eigenvalue weighted by Gasteiger charge is 2.22. The number of hydrogen-bond donors (Lipinski definition) is 2. The number of benzene rings is 1. The van der Waals surface area contributed by atoms with E-state index in [1.54, 1.807) is 30.5 Å². The summed E-state index contributed by atoms with van der Waals surface area (Å²) in [6.07, 6.45) is 3.72. The number of nitrogens with one attached hydrogen (secondary N) is 2. The van der Waals surface area contributed by atoms with Crippen LogP contribution in [0.3, 0.4) is 0 Å². The maximum absolute atomic E-state index is 12.5. The Balaban J connectivity index is 2.33. The van der Waals surface area contributed by atoms with Gasteiger partial charge in [-0.15, -0.1) is 0 Å². The van der Waals surface area contributed by atoms with Crippen LogP contribution in [-0.2, 0) is 10.0 Å². The van der Waals surface area contributed by atoms with Crippen LogP contribution in [0.4, 0.5) is 5.69 Å². The normalized spacial score (nSPS) is 11.0. The SMILES string of the molecule is CCCNC(=O)c1ccccc1S(=O)(=O)Nc1cccnc1. The molecule has 0 spiro atoms. The summed E-state index contributed by atoms with van der Waals surface area (Å²) < 4.78 is 27.4. The highest BCUT2D eigenvalue weighted by molar-refractivity contribution is 7.92. The van der Waals surface area contributed by atoms with Gasteiger partial charge in [0.15, 0.2) is 0 Å². The molecule has 1 aromatic carbocycles. The number of amides is 1. The van der Waals surface area contributed by atoms with E-state index in [0.717, 1.165) is 6.42 Å². The first kappa shape index (κ1) is 16.0. The number of anilines is 1. The van der Waals surface area contributed by atoms with Gasteiger partial charge in [0.05, 0.1) is 17.4 Å². The van der Waals surface area contributed by atoms with E-state index < -0.39 is 15.9 Å². The van der Waals surface area contributed by atoms with Crippen molar-refractivity contribution in [1.29, 1.82) is 0 Å². The van der Waals surface area contributed by atoms with E-state index >= 15 is 0 Å². The lowest BCUT2D eigenvalue weighted by molar-refractivity contribution is 0.0950. The fourth-order valence-electron chi connectivity index (χ4n) is 1.86. The van der Waals surface area contributed by atoms with Crippen molar-refractivity contribution >= 4 is 21.6 Å².